The van der Waals surface area contributed by atoms with E-state index in [1.54, 1.807) is 35.0 Å². The van der Waals surface area contributed by atoms with E-state index in [9.17, 15) is 5.11 Å². The average Bonchev–Trinajstić information content (AvgIpc) is 3.03. The van der Waals surface area contributed by atoms with Gasteiger partial charge in [0, 0.05) is 18.7 Å². The number of phenolic OH excluding ortho intramolecular Hbond substituents is 1. The molecule has 0 radical (unpaired) electrons. The minimum Gasteiger partial charge on any atom is -0.508 e. The Morgan fingerprint density at radius 3 is 2.86 bits per heavy atom. The number of morpholine rings is 1. The van der Waals surface area contributed by atoms with E-state index in [2.05, 4.69) is 14.9 Å². The summed E-state index contributed by atoms with van der Waals surface area (Å²) in [7, 11) is 0. The smallest absolute Gasteiger partial charge is 0.176 e. The van der Waals surface area contributed by atoms with E-state index in [1.807, 2.05) is 6.07 Å². The molecule has 3 aromatic rings. The van der Waals surface area contributed by atoms with Crippen LogP contribution in [0.1, 0.15) is 0 Å². The van der Waals surface area contributed by atoms with E-state index in [1.165, 1.54) is 0 Å². The van der Waals surface area contributed by atoms with E-state index >= 15 is 0 Å². The number of phenols is 1. The lowest BCUT2D eigenvalue weighted by atomic mass is 10.2. The lowest BCUT2D eigenvalue weighted by molar-refractivity contribution is 0.122. The molecule has 4 rings (SSSR count). The highest BCUT2D eigenvalue weighted by molar-refractivity contribution is 7.17. The molecule has 1 fully saturated rings. The predicted octanol–water partition coefficient (Wildman–Crippen LogP) is 2.30. The van der Waals surface area contributed by atoms with Crippen molar-refractivity contribution in [2.45, 2.75) is 0 Å². The summed E-state index contributed by atoms with van der Waals surface area (Å²) in [4.78, 5) is 15.8. The zero-order valence-electron chi connectivity index (χ0n) is 11.8. The minimum absolute atomic E-state index is 0.201. The quantitative estimate of drug-likeness (QED) is 0.782. The molecule has 0 aliphatic carbocycles. The zero-order valence-corrected chi connectivity index (χ0v) is 12.6. The van der Waals surface area contributed by atoms with Gasteiger partial charge in [0.15, 0.2) is 17.3 Å². The van der Waals surface area contributed by atoms with Crippen molar-refractivity contribution in [3.8, 4) is 17.1 Å². The van der Waals surface area contributed by atoms with Crippen LogP contribution in [0, 0.1) is 0 Å². The maximum absolute atomic E-state index is 9.67. The summed E-state index contributed by atoms with van der Waals surface area (Å²) in [6, 6.07) is 6.97. The van der Waals surface area contributed by atoms with Crippen molar-refractivity contribution in [2.75, 3.05) is 31.2 Å². The summed E-state index contributed by atoms with van der Waals surface area (Å²) >= 11 is 1.55. The highest BCUT2D eigenvalue weighted by atomic mass is 32.1. The number of ether oxygens (including phenoxy) is 1. The molecule has 1 saturated heterocycles. The third kappa shape index (κ3) is 2.38. The maximum Gasteiger partial charge on any atom is 0.176 e. The molecule has 2 aromatic heterocycles. The number of fused-ring (bicyclic) bond motifs is 1. The highest BCUT2D eigenvalue weighted by Crippen LogP contribution is 2.31. The first kappa shape index (κ1) is 13.4. The number of hydrogen-bond donors (Lipinski definition) is 1. The van der Waals surface area contributed by atoms with Crippen molar-refractivity contribution >= 4 is 27.5 Å². The fraction of sp³-hybridized carbons (Fsp3) is 0.267. The molecule has 22 heavy (non-hydrogen) atoms. The van der Waals surface area contributed by atoms with E-state index < -0.39 is 0 Å². The Morgan fingerprint density at radius 2 is 2.05 bits per heavy atom. The number of nitrogens with zero attached hydrogens (tertiary/aromatic N) is 4. The molecular formula is C15H14N4O2S. The SMILES string of the molecule is Oc1cccc(-c2nc(N3CCOCC3)c3scnc3n2)c1. The fourth-order valence-electron chi connectivity index (χ4n) is 2.51. The molecule has 0 bridgehead atoms. The van der Waals surface area contributed by atoms with Crippen LogP contribution in [0.25, 0.3) is 21.7 Å². The van der Waals surface area contributed by atoms with Crippen molar-refractivity contribution < 1.29 is 9.84 Å². The normalized spacial score (nSPS) is 15.4. The second-order valence-corrected chi connectivity index (χ2v) is 5.88. The Labute approximate surface area is 131 Å². The zero-order chi connectivity index (χ0) is 14.9. The lowest BCUT2D eigenvalue weighted by Gasteiger charge is -2.28. The van der Waals surface area contributed by atoms with Gasteiger partial charge in [-0.05, 0) is 12.1 Å². The first-order valence-corrected chi connectivity index (χ1v) is 7.92. The molecule has 112 valence electrons. The predicted molar refractivity (Wildman–Crippen MR) is 85.3 cm³/mol. The molecule has 0 spiro atoms. The second kappa shape index (κ2) is 5.51. The van der Waals surface area contributed by atoms with Gasteiger partial charge in [0.05, 0.1) is 18.7 Å². The number of anilines is 1. The molecule has 1 aromatic carbocycles. The van der Waals surface area contributed by atoms with E-state index in [0.717, 1.165) is 29.2 Å². The molecule has 0 atom stereocenters. The van der Waals surface area contributed by atoms with Crippen molar-refractivity contribution in [2.24, 2.45) is 0 Å². The Hall–Kier alpha value is -2.25. The Kier molecular flexibility index (Phi) is 3.36. The number of aromatic nitrogens is 3. The van der Waals surface area contributed by atoms with Crippen molar-refractivity contribution in [1.82, 2.24) is 15.0 Å². The van der Waals surface area contributed by atoms with Crippen LogP contribution in [-0.4, -0.2) is 46.4 Å². The van der Waals surface area contributed by atoms with Gasteiger partial charge in [-0.15, -0.1) is 11.3 Å². The molecule has 6 nitrogen and oxygen atoms in total. The number of benzene rings is 1. The molecule has 0 saturated carbocycles. The van der Waals surface area contributed by atoms with Crippen molar-refractivity contribution in [3.63, 3.8) is 0 Å². The number of thiazole rings is 1. The van der Waals surface area contributed by atoms with Crippen LogP contribution < -0.4 is 4.90 Å². The standard InChI is InChI=1S/C15H14N4O2S/c20-11-3-1-2-10(8-11)13-17-14-12(22-9-16-14)15(18-13)19-4-6-21-7-5-19/h1-3,8-9,20H,4-7H2. The number of hydrogen-bond acceptors (Lipinski definition) is 7. The Morgan fingerprint density at radius 1 is 1.18 bits per heavy atom. The fourth-order valence-corrected chi connectivity index (χ4v) is 3.25. The molecule has 7 heteroatoms. The molecule has 1 aliphatic rings. The van der Waals surface area contributed by atoms with Gasteiger partial charge in [-0.2, -0.15) is 0 Å². The van der Waals surface area contributed by atoms with Crippen molar-refractivity contribution in [3.05, 3.63) is 29.8 Å². The van der Waals surface area contributed by atoms with Crippen LogP contribution in [0.5, 0.6) is 5.75 Å². The topological polar surface area (TPSA) is 71.4 Å². The van der Waals surface area contributed by atoms with Gasteiger partial charge in [-0.3, -0.25) is 0 Å². The monoisotopic (exact) mass is 314 g/mol. The van der Waals surface area contributed by atoms with Crippen molar-refractivity contribution in [1.29, 1.82) is 0 Å². The molecule has 1 N–H and O–H groups in total. The second-order valence-electron chi connectivity index (χ2n) is 5.03. The van der Waals surface area contributed by atoms with Gasteiger partial charge in [0.25, 0.3) is 0 Å². The number of rotatable bonds is 2. The minimum atomic E-state index is 0.201. The lowest BCUT2D eigenvalue weighted by Crippen LogP contribution is -2.36. The maximum atomic E-state index is 9.67. The summed E-state index contributed by atoms with van der Waals surface area (Å²) in [6.07, 6.45) is 0. The third-order valence-electron chi connectivity index (χ3n) is 3.59. The summed E-state index contributed by atoms with van der Waals surface area (Å²) in [6.45, 7) is 3.02. The first-order chi connectivity index (χ1) is 10.8. The Balaban J connectivity index is 1.86. The van der Waals surface area contributed by atoms with Crippen LogP contribution in [-0.2, 0) is 4.74 Å². The third-order valence-corrected chi connectivity index (χ3v) is 4.40. The average molecular weight is 314 g/mol. The van der Waals surface area contributed by atoms with Gasteiger partial charge in [0.2, 0.25) is 0 Å². The number of aromatic hydroxyl groups is 1. The van der Waals surface area contributed by atoms with Crippen LogP contribution >= 0.6 is 11.3 Å². The molecule has 0 amide bonds. The van der Waals surface area contributed by atoms with Gasteiger partial charge in [-0.25, -0.2) is 15.0 Å². The summed E-state index contributed by atoms with van der Waals surface area (Å²) in [5.74, 6) is 1.68. The summed E-state index contributed by atoms with van der Waals surface area (Å²) in [5, 5.41) is 9.67. The molecular weight excluding hydrogens is 300 g/mol. The molecule has 3 heterocycles. The van der Waals surface area contributed by atoms with Crippen LogP contribution in [0.15, 0.2) is 29.8 Å². The van der Waals surface area contributed by atoms with Crippen LogP contribution in [0.4, 0.5) is 5.82 Å². The van der Waals surface area contributed by atoms with E-state index in [-0.39, 0.29) is 5.75 Å². The Bertz CT molecular complexity index is 814. The molecule has 1 aliphatic heterocycles. The van der Waals surface area contributed by atoms with Gasteiger partial charge in [-0.1, -0.05) is 12.1 Å². The van der Waals surface area contributed by atoms with E-state index in [4.69, 9.17) is 9.72 Å². The highest BCUT2D eigenvalue weighted by Gasteiger charge is 2.19. The van der Waals surface area contributed by atoms with Gasteiger partial charge >= 0.3 is 0 Å². The summed E-state index contributed by atoms with van der Waals surface area (Å²) < 4.78 is 6.41. The molecule has 0 unspecified atom stereocenters. The van der Waals surface area contributed by atoms with E-state index in [0.29, 0.717) is 24.7 Å². The first-order valence-electron chi connectivity index (χ1n) is 7.04. The van der Waals surface area contributed by atoms with Gasteiger partial charge in [0.1, 0.15) is 10.4 Å². The largest absolute Gasteiger partial charge is 0.508 e. The van der Waals surface area contributed by atoms with Crippen LogP contribution in [0.2, 0.25) is 0 Å². The van der Waals surface area contributed by atoms with Crippen LogP contribution in [0.3, 0.4) is 0 Å². The summed E-state index contributed by atoms with van der Waals surface area (Å²) in [5.41, 5.74) is 3.26. The van der Waals surface area contributed by atoms with Gasteiger partial charge < -0.3 is 14.7 Å².